The number of nitrogens with zero attached hydrogens (tertiary/aromatic N) is 2. The summed E-state index contributed by atoms with van der Waals surface area (Å²) in [5.74, 6) is -1.58. The molecule has 0 aliphatic carbocycles. The molecule has 4 aromatic carbocycles. The quantitative estimate of drug-likeness (QED) is 0.0985. The molecule has 3 N–H and O–H groups in total. The third kappa shape index (κ3) is 10.4. The van der Waals surface area contributed by atoms with Crippen LogP contribution in [0.3, 0.4) is 0 Å². The van der Waals surface area contributed by atoms with Crippen molar-refractivity contribution in [2.24, 2.45) is 0 Å². The summed E-state index contributed by atoms with van der Waals surface area (Å²) in [6.45, 7) is 15.5. The van der Waals surface area contributed by atoms with Gasteiger partial charge in [-0.25, -0.2) is 27.7 Å². The van der Waals surface area contributed by atoms with Crippen molar-refractivity contribution in [1.82, 2.24) is 15.3 Å². The van der Waals surface area contributed by atoms with Crippen LogP contribution < -0.4 is 25.1 Å². The van der Waals surface area contributed by atoms with Gasteiger partial charge in [0, 0.05) is 11.6 Å². The van der Waals surface area contributed by atoms with Crippen molar-refractivity contribution in [2.45, 2.75) is 77.0 Å². The number of carboxylic acid groups (broad SMARTS) is 1. The summed E-state index contributed by atoms with van der Waals surface area (Å²) < 4.78 is 49.1. The van der Waals surface area contributed by atoms with Crippen LogP contribution in [0.5, 0.6) is 5.88 Å². The first kappa shape index (κ1) is 42.6. The maximum atomic E-state index is 13.7. The van der Waals surface area contributed by atoms with Gasteiger partial charge in [-0.2, -0.15) is 4.98 Å². The first-order chi connectivity index (χ1) is 26.8. The lowest BCUT2D eigenvalue weighted by molar-refractivity contribution is 0.0476. The molecule has 0 bridgehead atoms. The van der Waals surface area contributed by atoms with Crippen molar-refractivity contribution in [3.8, 4) is 17.1 Å². The predicted octanol–water partition coefficient (Wildman–Crippen LogP) is 7.11. The van der Waals surface area contributed by atoms with E-state index in [1.54, 1.807) is 26.8 Å². The highest BCUT2D eigenvalue weighted by atomic mass is 32.2. The number of sulfonamides is 1. The molecule has 300 valence electrons. The number of amides is 1. The van der Waals surface area contributed by atoms with E-state index in [9.17, 15) is 23.1 Å². The molecule has 0 aliphatic rings. The Morgan fingerprint density at radius 3 is 1.91 bits per heavy atom. The Kier molecular flexibility index (Phi) is 12.9. The number of aryl methyl sites for hydroxylation is 2. The summed E-state index contributed by atoms with van der Waals surface area (Å²) in [6, 6.07) is 32.5. The van der Waals surface area contributed by atoms with Crippen LogP contribution in [0.2, 0.25) is 5.04 Å². The number of carbonyl (C=O) groups excluding carboxylic acids is 1. The number of benzene rings is 4. The molecular formula is C43H50N4O8SSi. The van der Waals surface area contributed by atoms with E-state index in [0.29, 0.717) is 5.69 Å². The average molecular weight is 811 g/mol. The van der Waals surface area contributed by atoms with E-state index in [4.69, 9.17) is 13.9 Å². The summed E-state index contributed by atoms with van der Waals surface area (Å²) in [5, 5.41) is 14.0. The Labute approximate surface area is 335 Å². The standard InChI is InChI=1S/C43H50N4O8SSi/c1-29-17-15-18-30(2)38(29)36-26-37(46-40(45-36)47-56(51,52)33-20-16-19-31(25-33)39(48)49)54-32(27-44-41(50)55-42(3,4)5)28-53-57(43(6,7)8,34-21-11-9-12-22-34)35-23-13-10-14-24-35/h9-26,32H,27-28H2,1-8H3,(H,44,50)(H,48,49)(H,45,46,47)/t32-/m1/s1. The first-order valence-corrected chi connectivity index (χ1v) is 21.9. The van der Waals surface area contributed by atoms with Gasteiger partial charge in [0.15, 0.2) is 0 Å². The number of carboxylic acids is 1. The lowest BCUT2D eigenvalue weighted by atomic mass is 10.00. The molecule has 0 spiro atoms. The van der Waals surface area contributed by atoms with Crippen LogP contribution in [-0.4, -0.2) is 68.7 Å². The number of hydrogen-bond donors (Lipinski definition) is 3. The minimum Gasteiger partial charge on any atom is -0.478 e. The third-order valence-electron chi connectivity index (χ3n) is 9.12. The highest BCUT2D eigenvalue weighted by molar-refractivity contribution is 7.92. The largest absolute Gasteiger partial charge is 0.478 e. The highest BCUT2D eigenvalue weighted by Gasteiger charge is 2.50. The van der Waals surface area contributed by atoms with Gasteiger partial charge >= 0.3 is 12.1 Å². The van der Waals surface area contributed by atoms with E-state index in [1.165, 1.54) is 18.2 Å². The van der Waals surface area contributed by atoms with E-state index in [2.05, 4.69) is 65.0 Å². The van der Waals surface area contributed by atoms with E-state index >= 15 is 0 Å². The van der Waals surface area contributed by atoms with Crippen molar-refractivity contribution in [1.29, 1.82) is 0 Å². The molecule has 5 rings (SSSR count). The fourth-order valence-electron chi connectivity index (χ4n) is 6.65. The molecule has 0 unspecified atom stereocenters. The van der Waals surface area contributed by atoms with Crippen molar-refractivity contribution in [2.75, 3.05) is 17.9 Å². The smallest absolute Gasteiger partial charge is 0.407 e. The Bertz CT molecular complexity index is 2250. The summed E-state index contributed by atoms with van der Waals surface area (Å²) in [7, 11) is -7.45. The van der Waals surface area contributed by atoms with Gasteiger partial charge in [0.05, 0.1) is 29.3 Å². The fraction of sp³-hybridized carbons (Fsp3) is 0.302. The Balaban J connectivity index is 1.60. The monoisotopic (exact) mass is 810 g/mol. The second-order valence-electron chi connectivity index (χ2n) is 15.7. The van der Waals surface area contributed by atoms with Gasteiger partial charge in [0.25, 0.3) is 18.3 Å². The molecule has 0 saturated carbocycles. The number of ether oxygens (including phenoxy) is 2. The van der Waals surface area contributed by atoms with Gasteiger partial charge in [0.1, 0.15) is 11.7 Å². The van der Waals surface area contributed by atoms with Gasteiger partial charge in [-0.15, -0.1) is 0 Å². The number of aromatic carboxylic acids is 1. The normalized spacial score (nSPS) is 12.7. The van der Waals surface area contributed by atoms with Gasteiger partial charge in [-0.05, 0) is 79.4 Å². The molecule has 57 heavy (non-hydrogen) atoms. The zero-order valence-corrected chi connectivity index (χ0v) is 35.3. The van der Waals surface area contributed by atoms with Crippen LogP contribution in [-0.2, 0) is 19.2 Å². The summed E-state index contributed by atoms with van der Waals surface area (Å²) in [5.41, 5.74) is 1.91. The van der Waals surface area contributed by atoms with E-state index in [1.807, 2.05) is 68.4 Å². The number of alkyl carbamates (subject to hydrolysis) is 1. The van der Waals surface area contributed by atoms with Gasteiger partial charge < -0.3 is 24.3 Å². The SMILES string of the molecule is Cc1cccc(C)c1-c1cc(O[C@H](CNC(=O)OC(C)(C)C)CO[Si](c2ccccc2)(c2ccccc2)C(C)(C)C)nc(NS(=O)(=O)c2cccc(C(=O)O)c2)n1. The maximum Gasteiger partial charge on any atom is 0.407 e. The van der Waals surface area contributed by atoms with Crippen LogP contribution in [0, 0.1) is 13.8 Å². The molecule has 1 heterocycles. The number of nitrogens with one attached hydrogen (secondary N) is 2. The first-order valence-electron chi connectivity index (χ1n) is 18.5. The van der Waals surface area contributed by atoms with Gasteiger partial charge in [0.2, 0.25) is 11.8 Å². The van der Waals surface area contributed by atoms with Crippen molar-refractivity contribution in [3.63, 3.8) is 0 Å². The zero-order valence-electron chi connectivity index (χ0n) is 33.5. The van der Waals surface area contributed by atoms with Crippen LogP contribution in [0.25, 0.3) is 11.3 Å². The zero-order chi connectivity index (χ0) is 41.6. The topological polar surface area (TPSA) is 166 Å². The summed E-state index contributed by atoms with van der Waals surface area (Å²) in [6.07, 6.45) is -1.52. The van der Waals surface area contributed by atoms with Crippen molar-refractivity contribution < 1.29 is 37.0 Å². The number of aromatic nitrogens is 2. The number of anilines is 1. The minimum atomic E-state index is -4.37. The molecule has 14 heteroatoms. The van der Waals surface area contributed by atoms with Crippen LogP contribution in [0.4, 0.5) is 10.7 Å². The molecule has 1 amide bonds. The Hall–Kier alpha value is -5.57. The molecule has 1 atom stereocenters. The number of carbonyl (C=O) groups is 2. The van der Waals surface area contributed by atoms with Gasteiger partial charge in [-0.1, -0.05) is 106 Å². The number of hydrogen-bond acceptors (Lipinski definition) is 9. The lowest BCUT2D eigenvalue weighted by Crippen LogP contribution is -2.67. The molecule has 0 radical (unpaired) electrons. The van der Waals surface area contributed by atoms with Crippen LogP contribution in [0.1, 0.15) is 63.0 Å². The Morgan fingerprint density at radius 1 is 0.789 bits per heavy atom. The molecule has 12 nitrogen and oxygen atoms in total. The minimum absolute atomic E-state index is 0.00155. The van der Waals surface area contributed by atoms with E-state index in [0.717, 1.165) is 33.1 Å². The molecular weight excluding hydrogens is 761 g/mol. The summed E-state index contributed by atoms with van der Waals surface area (Å²) >= 11 is 0. The predicted molar refractivity (Wildman–Crippen MR) is 223 cm³/mol. The fourth-order valence-corrected chi connectivity index (χ4v) is 12.2. The Morgan fingerprint density at radius 2 is 1.37 bits per heavy atom. The van der Waals surface area contributed by atoms with Crippen molar-refractivity contribution >= 4 is 46.7 Å². The van der Waals surface area contributed by atoms with E-state index < -0.39 is 42.1 Å². The molecule has 5 aromatic rings. The van der Waals surface area contributed by atoms with Gasteiger partial charge in [-0.3, -0.25) is 0 Å². The molecule has 0 saturated heterocycles. The summed E-state index contributed by atoms with van der Waals surface area (Å²) in [4.78, 5) is 33.4. The molecule has 0 aliphatic heterocycles. The van der Waals surface area contributed by atoms with E-state index in [-0.39, 0.29) is 40.5 Å². The second kappa shape index (κ2) is 17.3. The lowest BCUT2D eigenvalue weighted by Gasteiger charge is -2.43. The second-order valence-corrected chi connectivity index (χ2v) is 21.7. The van der Waals surface area contributed by atoms with Crippen molar-refractivity contribution in [3.05, 3.63) is 126 Å². The van der Waals surface area contributed by atoms with Crippen LogP contribution in [0.15, 0.2) is 114 Å². The maximum absolute atomic E-state index is 13.7. The van der Waals surface area contributed by atoms with Crippen LogP contribution >= 0.6 is 0 Å². The molecule has 1 aromatic heterocycles. The molecule has 0 fully saturated rings. The number of rotatable bonds is 14. The highest BCUT2D eigenvalue weighted by Crippen LogP contribution is 2.37. The third-order valence-corrected chi connectivity index (χ3v) is 15.5. The average Bonchev–Trinajstić information content (AvgIpc) is 3.13.